The first-order valence-corrected chi connectivity index (χ1v) is 7.58. The molecule has 1 heterocycles. The minimum atomic E-state index is -3.73. The summed E-state index contributed by atoms with van der Waals surface area (Å²) in [6, 6.07) is 10.0. The summed E-state index contributed by atoms with van der Waals surface area (Å²) in [5.74, 6) is -0.648. The highest BCUT2D eigenvalue weighted by Gasteiger charge is 2.15. The van der Waals surface area contributed by atoms with Crippen molar-refractivity contribution in [1.29, 1.82) is 0 Å². The molecule has 2 aromatic rings. The number of sulfonamides is 1. The Bertz CT molecular complexity index is 712. The van der Waals surface area contributed by atoms with Crippen molar-refractivity contribution >= 4 is 16.0 Å². The molecule has 0 saturated heterocycles. The molecule has 0 radical (unpaired) electrons. The fourth-order valence-electron chi connectivity index (χ4n) is 1.67. The number of carbonyl (C=O) groups is 1. The van der Waals surface area contributed by atoms with Gasteiger partial charge in [-0.05, 0) is 29.3 Å². The van der Waals surface area contributed by atoms with Gasteiger partial charge in [-0.15, -0.1) is 0 Å². The van der Waals surface area contributed by atoms with Crippen LogP contribution >= 0.6 is 0 Å². The van der Waals surface area contributed by atoms with Crippen molar-refractivity contribution in [3.63, 3.8) is 0 Å². The molecular weight excluding hydrogens is 292 g/mol. The number of hydrogen-bond acceptors (Lipinski definition) is 5. The number of aromatic nitrogens is 1. The van der Waals surface area contributed by atoms with Crippen molar-refractivity contribution in [2.45, 2.75) is 4.90 Å². The van der Waals surface area contributed by atoms with Crippen molar-refractivity contribution in [2.75, 3.05) is 13.7 Å². The molecule has 1 aromatic heterocycles. The van der Waals surface area contributed by atoms with E-state index in [4.69, 9.17) is 0 Å². The van der Waals surface area contributed by atoms with Crippen LogP contribution in [0.1, 0.15) is 0 Å². The van der Waals surface area contributed by atoms with Crippen molar-refractivity contribution in [2.24, 2.45) is 0 Å². The molecular formula is C14H14N2O4S. The van der Waals surface area contributed by atoms with Crippen LogP contribution in [-0.4, -0.2) is 33.0 Å². The molecule has 0 aliphatic rings. The molecule has 110 valence electrons. The van der Waals surface area contributed by atoms with E-state index in [-0.39, 0.29) is 4.90 Å². The molecule has 0 atom stereocenters. The lowest BCUT2D eigenvalue weighted by Crippen LogP contribution is -2.30. The zero-order chi connectivity index (χ0) is 15.3. The number of hydrogen-bond donors (Lipinski definition) is 1. The second kappa shape index (κ2) is 6.47. The lowest BCUT2D eigenvalue weighted by Gasteiger charge is -2.07. The third kappa shape index (κ3) is 3.87. The summed E-state index contributed by atoms with van der Waals surface area (Å²) in [5, 5.41) is 0. The van der Waals surface area contributed by atoms with E-state index in [1.807, 2.05) is 6.07 Å². The fourth-order valence-corrected chi connectivity index (χ4v) is 2.64. The Morgan fingerprint density at radius 3 is 2.48 bits per heavy atom. The van der Waals surface area contributed by atoms with Crippen LogP contribution < -0.4 is 4.72 Å². The van der Waals surface area contributed by atoms with Gasteiger partial charge in [0.1, 0.15) is 6.54 Å². The third-order valence-corrected chi connectivity index (χ3v) is 4.21. The van der Waals surface area contributed by atoms with Crippen LogP contribution in [0.2, 0.25) is 0 Å². The number of benzene rings is 1. The topological polar surface area (TPSA) is 85.4 Å². The number of methoxy groups -OCH3 is 1. The molecule has 0 aliphatic carbocycles. The molecule has 7 heteroatoms. The Morgan fingerprint density at radius 2 is 1.90 bits per heavy atom. The summed E-state index contributed by atoms with van der Waals surface area (Å²) in [7, 11) is -2.54. The van der Waals surface area contributed by atoms with Crippen LogP contribution in [0.4, 0.5) is 0 Å². The minimum absolute atomic E-state index is 0.0824. The predicted molar refractivity (Wildman–Crippen MR) is 76.9 cm³/mol. The zero-order valence-electron chi connectivity index (χ0n) is 11.3. The maximum atomic E-state index is 12.0. The van der Waals surface area contributed by atoms with Gasteiger partial charge in [0.05, 0.1) is 12.0 Å². The molecule has 0 unspecified atom stereocenters. The predicted octanol–water partition coefficient (Wildman–Crippen LogP) is 1.20. The number of nitrogens with zero attached hydrogens (tertiary/aromatic N) is 1. The minimum Gasteiger partial charge on any atom is -0.468 e. The molecule has 2 rings (SSSR count). The van der Waals surface area contributed by atoms with Crippen LogP contribution in [0, 0.1) is 0 Å². The second-order valence-electron chi connectivity index (χ2n) is 4.17. The van der Waals surface area contributed by atoms with E-state index in [0.29, 0.717) is 0 Å². The second-order valence-corrected chi connectivity index (χ2v) is 5.93. The molecule has 0 spiro atoms. The van der Waals surface area contributed by atoms with E-state index in [0.717, 1.165) is 11.1 Å². The molecule has 0 fully saturated rings. The molecule has 1 aromatic carbocycles. The molecule has 0 bridgehead atoms. The van der Waals surface area contributed by atoms with E-state index >= 15 is 0 Å². The lowest BCUT2D eigenvalue weighted by molar-refractivity contribution is -0.139. The quantitative estimate of drug-likeness (QED) is 0.839. The number of ether oxygens (including phenoxy) is 1. The van der Waals surface area contributed by atoms with Crippen molar-refractivity contribution in [1.82, 2.24) is 9.71 Å². The fraction of sp³-hybridized carbons (Fsp3) is 0.143. The van der Waals surface area contributed by atoms with Gasteiger partial charge >= 0.3 is 5.97 Å². The van der Waals surface area contributed by atoms with Gasteiger partial charge in [0.25, 0.3) is 0 Å². The number of nitrogens with one attached hydrogen (secondary N) is 1. The average molecular weight is 306 g/mol. The van der Waals surface area contributed by atoms with Gasteiger partial charge in [-0.1, -0.05) is 18.2 Å². The Labute approximate surface area is 122 Å². The molecule has 0 aliphatic heterocycles. The summed E-state index contributed by atoms with van der Waals surface area (Å²) in [6.45, 7) is -0.400. The summed E-state index contributed by atoms with van der Waals surface area (Å²) >= 11 is 0. The summed E-state index contributed by atoms with van der Waals surface area (Å²) in [4.78, 5) is 15.1. The van der Waals surface area contributed by atoms with Gasteiger partial charge in [0, 0.05) is 12.4 Å². The molecule has 0 amide bonds. The van der Waals surface area contributed by atoms with Gasteiger partial charge in [-0.3, -0.25) is 9.78 Å². The average Bonchev–Trinajstić information content (AvgIpc) is 2.53. The van der Waals surface area contributed by atoms with Gasteiger partial charge in [-0.2, -0.15) is 4.72 Å². The van der Waals surface area contributed by atoms with Crippen molar-refractivity contribution in [3.05, 3.63) is 48.8 Å². The highest BCUT2D eigenvalue weighted by molar-refractivity contribution is 7.89. The summed E-state index contributed by atoms with van der Waals surface area (Å²) < 4.78 is 30.5. The Kier molecular flexibility index (Phi) is 4.66. The van der Waals surface area contributed by atoms with E-state index in [1.54, 1.807) is 30.6 Å². The summed E-state index contributed by atoms with van der Waals surface area (Å²) in [6.07, 6.45) is 3.36. The first-order valence-electron chi connectivity index (χ1n) is 6.10. The Morgan fingerprint density at radius 1 is 1.19 bits per heavy atom. The Hall–Kier alpha value is -2.25. The maximum absolute atomic E-state index is 12.0. The number of pyridine rings is 1. The van der Waals surface area contributed by atoms with E-state index in [1.165, 1.54) is 19.2 Å². The first kappa shape index (κ1) is 15.1. The highest BCUT2D eigenvalue weighted by atomic mass is 32.2. The maximum Gasteiger partial charge on any atom is 0.320 e. The molecule has 6 nitrogen and oxygen atoms in total. The van der Waals surface area contributed by atoms with Gasteiger partial charge in [0.15, 0.2) is 0 Å². The number of carbonyl (C=O) groups excluding carboxylic acids is 1. The van der Waals surface area contributed by atoms with Gasteiger partial charge < -0.3 is 4.74 Å². The highest BCUT2D eigenvalue weighted by Crippen LogP contribution is 2.20. The van der Waals surface area contributed by atoms with Gasteiger partial charge in [0.2, 0.25) is 10.0 Å². The monoisotopic (exact) mass is 306 g/mol. The first-order chi connectivity index (χ1) is 10.0. The number of rotatable bonds is 5. The van der Waals surface area contributed by atoms with Gasteiger partial charge in [-0.25, -0.2) is 8.42 Å². The SMILES string of the molecule is COC(=O)CNS(=O)(=O)c1ccc(-c2cccnc2)cc1. The summed E-state index contributed by atoms with van der Waals surface area (Å²) in [5.41, 5.74) is 1.75. The lowest BCUT2D eigenvalue weighted by atomic mass is 10.1. The van der Waals surface area contributed by atoms with Crippen LogP contribution in [0.25, 0.3) is 11.1 Å². The Balaban J connectivity index is 2.17. The largest absolute Gasteiger partial charge is 0.468 e. The zero-order valence-corrected chi connectivity index (χ0v) is 12.1. The van der Waals surface area contributed by atoms with E-state index < -0.39 is 22.5 Å². The molecule has 0 saturated carbocycles. The number of esters is 1. The van der Waals surface area contributed by atoms with Crippen LogP contribution in [0.3, 0.4) is 0 Å². The molecule has 1 N–H and O–H groups in total. The van der Waals surface area contributed by atoms with Crippen LogP contribution in [-0.2, 0) is 19.6 Å². The van der Waals surface area contributed by atoms with Crippen LogP contribution in [0.5, 0.6) is 0 Å². The van der Waals surface area contributed by atoms with E-state index in [9.17, 15) is 13.2 Å². The normalized spacial score (nSPS) is 11.1. The van der Waals surface area contributed by atoms with E-state index in [2.05, 4.69) is 14.4 Å². The van der Waals surface area contributed by atoms with Crippen molar-refractivity contribution < 1.29 is 17.9 Å². The third-order valence-electron chi connectivity index (χ3n) is 2.79. The van der Waals surface area contributed by atoms with Crippen molar-refractivity contribution in [3.8, 4) is 11.1 Å². The standard InChI is InChI=1S/C14H14N2O4S/c1-20-14(17)10-16-21(18,19)13-6-4-11(5-7-13)12-3-2-8-15-9-12/h2-9,16H,10H2,1H3. The molecule has 21 heavy (non-hydrogen) atoms. The smallest absolute Gasteiger partial charge is 0.320 e. The van der Waals surface area contributed by atoms with Crippen LogP contribution in [0.15, 0.2) is 53.7 Å².